The van der Waals surface area contributed by atoms with Gasteiger partial charge in [0.05, 0.1) is 17.7 Å². The number of hydrogen-bond donors (Lipinski definition) is 2. The average molecular weight is 321 g/mol. The highest BCUT2D eigenvalue weighted by molar-refractivity contribution is 7.09. The van der Waals surface area contributed by atoms with E-state index in [0.717, 1.165) is 30.0 Å². The van der Waals surface area contributed by atoms with Crippen molar-refractivity contribution in [3.05, 3.63) is 16.1 Å². The maximum Gasteiger partial charge on any atom is 0.191 e. The van der Waals surface area contributed by atoms with Crippen molar-refractivity contribution in [2.24, 2.45) is 16.8 Å². The van der Waals surface area contributed by atoms with Gasteiger partial charge in [-0.1, -0.05) is 25.7 Å². The van der Waals surface area contributed by atoms with Crippen LogP contribution in [-0.4, -0.2) is 24.0 Å². The molecule has 0 radical (unpaired) electrons. The SMILES string of the molecule is CN=C(NCc1scnc1C)NC1CCC2CCCCC2C1. The third-order valence-electron chi connectivity index (χ3n) is 5.37. The van der Waals surface area contributed by atoms with Gasteiger partial charge in [-0.25, -0.2) is 4.98 Å². The fraction of sp³-hybridized carbons (Fsp3) is 0.765. The summed E-state index contributed by atoms with van der Waals surface area (Å²) in [6.45, 7) is 2.88. The molecule has 2 N–H and O–H groups in total. The smallest absolute Gasteiger partial charge is 0.191 e. The minimum Gasteiger partial charge on any atom is -0.354 e. The molecule has 0 aromatic carbocycles. The van der Waals surface area contributed by atoms with Crippen molar-refractivity contribution in [3.63, 3.8) is 0 Å². The van der Waals surface area contributed by atoms with Crippen molar-refractivity contribution < 1.29 is 0 Å². The predicted octanol–water partition coefficient (Wildman–Crippen LogP) is 3.48. The van der Waals surface area contributed by atoms with Crippen LogP contribution in [0.5, 0.6) is 0 Å². The summed E-state index contributed by atoms with van der Waals surface area (Å²) in [6, 6.07) is 0.591. The summed E-state index contributed by atoms with van der Waals surface area (Å²) in [6.07, 6.45) is 9.81. The highest BCUT2D eigenvalue weighted by Gasteiger charge is 2.32. The third-order valence-corrected chi connectivity index (χ3v) is 6.30. The first-order valence-electron chi connectivity index (χ1n) is 8.62. The van der Waals surface area contributed by atoms with E-state index in [-0.39, 0.29) is 0 Å². The molecule has 3 rings (SSSR count). The van der Waals surface area contributed by atoms with E-state index >= 15 is 0 Å². The third kappa shape index (κ3) is 3.80. The second kappa shape index (κ2) is 7.44. The molecule has 0 amide bonds. The molecule has 1 aromatic rings. The number of hydrogen-bond acceptors (Lipinski definition) is 3. The Labute approximate surface area is 137 Å². The molecule has 2 fully saturated rings. The van der Waals surface area contributed by atoms with E-state index in [1.54, 1.807) is 11.3 Å². The fourth-order valence-corrected chi connectivity index (χ4v) is 4.77. The lowest BCUT2D eigenvalue weighted by Crippen LogP contribution is -2.46. The summed E-state index contributed by atoms with van der Waals surface area (Å²) in [7, 11) is 1.86. The van der Waals surface area contributed by atoms with E-state index in [1.165, 1.54) is 49.8 Å². The predicted molar refractivity (Wildman–Crippen MR) is 93.3 cm³/mol. The number of rotatable bonds is 3. The quantitative estimate of drug-likeness (QED) is 0.662. The van der Waals surface area contributed by atoms with Gasteiger partial charge in [-0.15, -0.1) is 11.3 Å². The van der Waals surface area contributed by atoms with Gasteiger partial charge >= 0.3 is 0 Å². The molecule has 3 atom stereocenters. The lowest BCUT2D eigenvalue weighted by molar-refractivity contribution is 0.150. The van der Waals surface area contributed by atoms with Crippen molar-refractivity contribution in [3.8, 4) is 0 Å². The standard InChI is InChI=1S/C17H28N4S/c1-12-16(22-11-20-12)10-19-17(18-2)21-15-8-7-13-5-3-4-6-14(13)9-15/h11,13-15H,3-10H2,1-2H3,(H2,18,19,21). The Bertz CT molecular complexity index is 511. The summed E-state index contributed by atoms with van der Waals surface area (Å²) >= 11 is 1.71. The monoisotopic (exact) mass is 320 g/mol. The molecule has 1 aromatic heterocycles. The molecule has 0 spiro atoms. The molecule has 3 unspecified atom stereocenters. The first-order valence-corrected chi connectivity index (χ1v) is 9.50. The molecule has 2 aliphatic carbocycles. The van der Waals surface area contributed by atoms with Crippen LogP contribution < -0.4 is 10.6 Å². The first-order chi connectivity index (χ1) is 10.8. The van der Waals surface area contributed by atoms with E-state index in [1.807, 2.05) is 12.6 Å². The Morgan fingerprint density at radius 2 is 2.09 bits per heavy atom. The van der Waals surface area contributed by atoms with E-state index in [9.17, 15) is 0 Å². The Kier molecular flexibility index (Phi) is 5.34. The summed E-state index contributed by atoms with van der Waals surface area (Å²) < 4.78 is 0. The summed E-state index contributed by atoms with van der Waals surface area (Å²) in [5, 5.41) is 7.08. The van der Waals surface area contributed by atoms with E-state index in [4.69, 9.17) is 0 Å². The minimum absolute atomic E-state index is 0.591. The Balaban J connectivity index is 1.49. The number of thiazole rings is 1. The largest absolute Gasteiger partial charge is 0.354 e. The van der Waals surface area contributed by atoms with Crippen LogP contribution in [0.25, 0.3) is 0 Å². The molecule has 2 aliphatic rings. The molecule has 122 valence electrons. The molecule has 0 aliphatic heterocycles. The van der Waals surface area contributed by atoms with Crippen LogP contribution in [0.1, 0.15) is 55.5 Å². The lowest BCUT2D eigenvalue weighted by Gasteiger charge is -2.39. The molecule has 1 heterocycles. The van der Waals surface area contributed by atoms with Crippen LogP contribution >= 0.6 is 11.3 Å². The van der Waals surface area contributed by atoms with Crippen LogP contribution in [0.15, 0.2) is 10.5 Å². The molecular formula is C17H28N4S. The van der Waals surface area contributed by atoms with Crippen LogP contribution in [0.4, 0.5) is 0 Å². The van der Waals surface area contributed by atoms with Gasteiger partial charge in [-0.3, -0.25) is 4.99 Å². The Hall–Kier alpha value is -1.10. The molecule has 2 saturated carbocycles. The number of aliphatic imine (C=N–C) groups is 1. The fourth-order valence-electron chi connectivity index (χ4n) is 4.05. The number of aryl methyl sites for hydroxylation is 1. The summed E-state index contributed by atoms with van der Waals surface area (Å²) in [5.41, 5.74) is 3.03. The number of aromatic nitrogens is 1. The first kappa shape index (κ1) is 15.8. The summed E-state index contributed by atoms with van der Waals surface area (Å²) in [5.74, 6) is 2.88. The zero-order valence-corrected chi connectivity index (χ0v) is 14.6. The highest BCUT2D eigenvalue weighted by atomic mass is 32.1. The Morgan fingerprint density at radius 1 is 1.27 bits per heavy atom. The number of nitrogens with one attached hydrogen (secondary N) is 2. The highest BCUT2D eigenvalue weighted by Crippen LogP contribution is 2.40. The van der Waals surface area contributed by atoms with Gasteiger partial charge in [-0.05, 0) is 38.0 Å². The maximum atomic E-state index is 4.39. The van der Waals surface area contributed by atoms with E-state index in [2.05, 4.69) is 27.5 Å². The zero-order chi connectivity index (χ0) is 15.4. The van der Waals surface area contributed by atoms with Crippen molar-refractivity contribution in [1.82, 2.24) is 15.6 Å². The summed E-state index contributed by atoms with van der Waals surface area (Å²) in [4.78, 5) is 9.98. The van der Waals surface area contributed by atoms with Crippen molar-refractivity contribution in [2.75, 3.05) is 7.05 Å². The number of guanidine groups is 1. The Morgan fingerprint density at radius 3 is 2.82 bits per heavy atom. The number of nitrogens with zero attached hydrogens (tertiary/aromatic N) is 2. The molecule has 0 saturated heterocycles. The van der Waals surface area contributed by atoms with Crippen molar-refractivity contribution in [1.29, 1.82) is 0 Å². The van der Waals surface area contributed by atoms with Crippen molar-refractivity contribution >= 4 is 17.3 Å². The van der Waals surface area contributed by atoms with Gasteiger partial charge in [0.15, 0.2) is 5.96 Å². The molecule has 0 bridgehead atoms. The van der Waals surface area contributed by atoms with Gasteiger partial charge in [0.2, 0.25) is 0 Å². The van der Waals surface area contributed by atoms with E-state index < -0.39 is 0 Å². The van der Waals surface area contributed by atoms with Gasteiger partial charge in [0.1, 0.15) is 0 Å². The average Bonchev–Trinajstić information content (AvgIpc) is 2.96. The molecule has 22 heavy (non-hydrogen) atoms. The van der Waals surface area contributed by atoms with Gasteiger partial charge in [0, 0.05) is 18.0 Å². The second-order valence-electron chi connectivity index (χ2n) is 6.75. The molecule has 5 heteroatoms. The van der Waals surface area contributed by atoms with Crippen LogP contribution in [0, 0.1) is 18.8 Å². The molecular weight excluding hydrogens is 292 g/mol. The normalized spacial score (nSPS) is 29.0. The lowest BCUT2D eigenvalue weighted by atomic mass is 9.69. The van der Waals surface area contributed by atoms with Crippen LogP contribution in [0.3, 0.4) is 0 Å². The topological polar surface area (TPSA) is 49.3 Å². The second-order valence-corrected chi connectivity index (χ2v) is 7.68. The minimum atomic E-state index is 0.591. The van der Waals surface area contributed by atoms with Crippen molar-refractivity contribution in [2.45, 2.75) is 64.5 Å². The van der Waals surface area contributed by atoms with Gasteiger partial charge in [0.25, 0.3) is 0 Å². The van der Waals surface area contributed by atoms with E-state index in [0.29, 0.717) is 6.04 Å². The van der Waals surface area contributed by atoms with Crippen LogP contribution in [0.2, 0.25) is 0 Å². The van der Waals surface area contributed by atoms with Crippen LogP contribution in [-0.2, 0) is 6.54 Å². The van der Waals surface area contributed by atoms with Gasteiger partial charge < -0.3 is 10.6 Å². The van der Waals surface area contributed by atoms with Gasteiger partial charge in [-0.2, -0.15) is 0 Å². The molecule has 4 nitrogen and oxygen atoms in total. The number of fused-ring (bicyclic) bond motifs is 1. The maximum absolute atomic E-state index is 4.39. The zero-order valence-electron chi connectivity index (χ0n) is 13.8.